The molecule has 3 aromatic rings. The first-order valence-electron chi connectivity index (χ1n) is 24.6. The number of nitrogens with zero attached hydrogens (tertiary/aromatic N) is 4. The van der Waals surface area contributed by atoms with E-state index in [9.17, 15) is 4.79 Å². The minimum absolute atomic E-state index is 0.0103. The smallest absolute Gasteiger partial charge is 0.251 e. The lowest BCUT2D eigenvalue weighted by molar-refractivity contribution is 0.0930. The van der Waals surface area contributed by atoms with Crippen molar-refractivity contribution >= 4 is 22.8 Å². The van der Waals surface area contributed by atoms with Crippen LogP contribution in [0.5, 0.6) is 5.75 Å². The summed E-state index contributed by atoms with van der Waals surface area (Å²) in [5.41, 5.74) is -3.96. The largest absolute Gasteiger partial charge is 0.492 e. The van der Waals surface area contributed by atoms with Crippen LogP contribution < -0.4 is 14.9 Å². The lowest BCUT2D eigenvalue weighted by Gasteiger charge is -2.33. The van der Waals surface area contributed by atoms with E-state index in [0.717, 1.165) is 0 Å². The zero-order chi connectivity index (χ0) is 50.9. The number of hydrogen-bond donors (Lipinski definition) is 2. The number of anilines is 1. The minimum Gasteiger partial charge on any atom is -0.492 e. The Morgan fingerprint density at radius 1 is 1.42 bits per heavy atom. The number of aromatic nitrogens is 3. The Morgan fingerprint density at radius 3 is 3.09 bits per heavy atom. The molecule has 174 valence electrons. The number of amides is 1. The number of aromatic amines is 1. The molecule has 2 fully saturated rings. The van der Waals surface area contributed by atoms with Gasteiger partial charge >= 0.3 is 0 Å². The summed E-state index contributed by atoms with van der Waals surface area (Å²) in [4.78, 5) is 19.9. The first-order chi connectivity index (χ1) is 28.6. The highest BCUT2D eigenvalue weighted by Crippen LogP contribution is 2.28. The van der Waals surface area contributed by atoms with Crippen molar-refractivity contribution in [1.29, 1.82) is 0 Å². The molecule has 2 aromatic heterocycles. The number of H-pyrrole nitrogens is 1. The molecular weight excluding hydrogens is 416 g/mol. The van der Waals surface area contributed by atoms with Gasteiger partial charge in [0.25, 0.3) is 5.91 Å². The van der Waals surface area contributed by atoms with E-state index in [1.807, 2.05) is 0 Å². The summed E-state index contributed by atoms with van der Waals surface area (Å²) in [5.74, 6) is -5.72. The Morgan fingerprint density at radius 2 is 2.27 bits per heavy atom. The van der Waals surface area contributed by atoms with Gasteiger partial charge in [0.2, 0.25) is 0 Å². The Balaban J connectivity index is 1.70. The third kappa shape index (κ3) is 4.95. The summed E-state index contributed by atoms with van der Waals surface area (Å²) < 4.78 is 273. The van der Waals surface area contributed by atoms with Crippen molar-refractivity contribution in [3.8, 4) is 5.75 Å². The summed E-state index contributed by atoms with van der Waals surface area (Å²) >= 11 is 0. The third-order valence-electron chi connectivity index (χ3n) is 3.80. The van der Waals surface area contributed by atoms with Gasteiger partial charge in [-0.1, -0.05) is 6.04 Å². The standard InChI is InChI=1S/C25H32N6O2/c1-18-16-26-23-22(18)24(28-17-27-23)31-11-7-20(8-12-31)29-25(32)19-5-4-6-21(15-19)33-14-13-30-9-2-3-10-30/h4-6,15-17,20H,2-3,7-14H2,1H3,(H,29,32)(H,26,27,28)/i1D3,2D2,3D2,4D,5D,6D,7D2,8D2,9D2,10D2,11D2,12D2,13D2,14D2,15D,16D,17D,20D/hD2. The second-order valence-corrected chi connectivity index (χ2v) is 5.85. The van der Waals surface area contributed by atoms with Crippen LogP contribution in [-0.2, 0) is 0 Å². The molecule has 0 spiro atoms. The van der Waals surface area contributed by atoms with E-state index >= 15 is 0 Å². The number of fused-ring (bicyclic) bond motifs is 1. The number of hydrogen-bond acceptors (Lipinski definition) is 6. The fourth-order valence-electron chi connectivity index (χ4n) is 2.41. The van der Waals surface area contributed by atoms with Crippen LogP contribution in [0.4, 0.5) is 5.82 Å². The van der Waals surface area contributed by atoms with Gasteiger partial charge in [-0.15, -0.1) is 0 Å². The third-order valence-corrected chi connectivity index (χ3v) is 3.80. The van der Waals surface area contributed by atoms with Gasteiger partial charge in [0, 0.05) is 66.0 Å². The van der Waals surface area contributed by atoms with Crippen molar-refractivity contribution in [3.63, 3.8) is 0 Å². The molecule has 0 atom stereocenters. The van der Waals surface area contributed by atoms with E-state index in [4.69, 9.17) is 48.7 Å². The first-order valence-corrected chi connectivity index (χ1v) is 8.74. The molecule has 2 aliphatic rings. The molecule has 5 rings (SSSR count). The highest BCUT2D eigenvalue weighted by molar-refractivity contribution is 5.95. The fraction of sp³-hybridized carbons (Fsp3) is 0.480. The molecule has 1 aromatic carbocycles. The lowest BCUT2D eigenvalue weighted by Crippen LogP contribution is -2.45. The van der Waals surface area contributed by atoms with Crippen molar-refractivity contribution in [2.75, 3.05) is 43.9 Å². The van der Waals surface area contributed by atoms with Gasteiger partial charge in [0.15, 0.2) is 2.82 Å². The van der Waals surface area contributed by atoms with Crippen LogP contribution in [-0.4, -0.2) is 70.8 Å². The van der Waals surface area contributed by atoms with Gasteiger partial charge < -0.3 is 19.9 Å². The molecule has 0 bridgehead atoms. The van der Waals surface area contributed by atoms with Crippen LogP contribution in [0.15, 0.2) is 36.6 Å². The molecule has 4 heterocycles. The summed E-state index contributed by atoms with van der Waals surface area (Å²) in [7, 11) is 0. The second-order valence-electron chi connectivity index (χ2n) is 5.85. The highest BCUT2D eigenvalue weighted by atomic mass is 16.5. The molecule has 0 radical (unpaired) electrons. The summed E-state index contributed by atoms with van der Waals surface area (Å²) in [6.07, 6.45) is -19.4. The number of aryl methyl sites for hydroxylation is 1. The Bertz CT molecular complexity index is 2440. The van der Waals surface area contributed by atoms with Crippen LogP contribution in [0.3, 0.4) is 0 Å². The van der Waals surface area contributed by atoms with Gasteiger partial charge in [-0.05, 0) is 69.0 Å². The van der Waals surface area contributed by atoms with E-state index in [2.05, 4.69) is 9.97 Å². The van der Waals surface area contributed by atoms with Gasteiger partial charge in [-0.2, -0.15) is 0 Å². The molecule has 33 heavy (non-hydrogen) atoms. The minimum atomic E-state index is -4.63. The number of carbonyl (C=O) groups excluding carboxylic acids is 1. The quantitative estimate of drug-likeness (QED) is 0.540. The molecule has 2 aliphatic heterocycles. The predicted octanol–water partition coefficient (Wildman–Crippen LogP) is 3.14. The van der Waals surface area contributed by atoms with Gasteiger partial charge in [-0.3, -0.25) is 9.69 Å². The van der Waals surface area contributed by atoms with E-state index < -0.39 is 169 Å². The van der Waals surface area contributed by atoms with Crippen LogP contribution in [0.2, 0.25) is 2.82 Å². The second kappa shape index (κ2) is 9.79. The number of carbonyl (C=O) groups is 1. The zero-order valence-electron chi connectivity index (χ0n) is 48.0. The van der Waals surface area contributed by atoms with E-state index in [-0.39, 0.29) is 4.98 Å². The number of benzene rings is 1. The highest BCUT2D eigenvalue weighted by Gasteiger charge is 2.24. The molecule has 2 N–H and O–H groups in total. The fourth-order valence-corrected chi connectivity index (χ4v) is 2.41. The molecule has 8 heteroatoms. The molecule has 8 nitrogen and oxygen atoms in total. The van der Waals surface area contributed by atoms with Crippen molar-refractivity contribution in [1.82, 2.24) is 25.2 Å². The van der Waals surface area contributed by atoms with Crippen molar-refractivity contribution in [3.05, 3.63) is 47.8 Å². The maximum atomic E-state index is 14.2. The van der Waals surface area contributed by atoms with Crippen molar-refractivity contribution in [2.45, 2.75) is 38.4 Å². The van der Waals surface area contributed by atoms with Crippen LogP contribution in [0.1, 0.15) is 82.5 Å². The van der Waals surface area contributed by atoms with Crippen LogP contribution >= 0.6 is 0 Å². The van der Waals surface area contributed by atoms with E-state index in [1.54, 1.807) is 0 Å². The van der Waals surface area contributed by atoms with Crippen molar-refractivity contribution < 1.29 is 53.5 Å². The number of ether oxygens (including phenoxy) is 1. The molecule has 0 saturated carbocycles. The monoisotopic (exact) mass is 480 g/mol. The summed E-state index contributed by atoms with van der Waals surface area (Å²) in [6.45, 7) is -29.1. The van der Waals surface area contributed by atoms with Gasteiger partial charge in [0.1, 0.15) is 31.4 Å². The first kappa shape index (κ1) is 5.74. The molecule has 0 aliphatic carbocycles. The number of piperidine rings is 1. The van der Waals surface area contributed by atoms with Crippen LogP contribution in [0.25, 0.3) is 11.0 Å². The number of rotatable bonds is 7. The molecule has 1 amide bonds. The molecule has 2 saturated heterocycles. The lowest BCUT2D eigenvalue weighted by atomic mass is 10.0. The Hall–Kier alpha value is -3.13. The van der Waals surface area contributed by atoms with Crippen molar-refractivity contribution in [2.24, 2.45) is 0 Å². The van der Waals surface area contributed by atoms with Gasteiger partial charge in [-0.25, -0.2) is 9.97 Å². The van der Waals surface area contributed by atoms with Gasteiger partial charge in [0.05, 0.1) is 16.4 Å². The van der Waals surface area contributed by atoms with E-state index in [0.29, 0.717) is 0 Å². The summed E-state index contributed by atoms with van der Waals surface area (Å²) in [6, 6.07) is -11.2. The average molecular weight is 481 g/mol. The zero-order valence-corrected chi connectivity index (χ0v) is 16.0. The number of likely N-dealkylation sites (tertiary alicyclic amines) is 1. The maximum Gasteiger partial charge on any atom is 0.251 e. The Labute approximate surface area is 239 Å². The SMILES string of the molecule is [2H]c1nc(N2C([2H])([2H])C([2H])([2H])C([2H])(N([2H])C(=O)c3c([2H])c([2H])c([2H])c(OC([2H])([2H])C([2H])([2H])N4C([2H])([2H])C([2H])([2H])C([2H])([2H])C4([2H])[2H])c3[2H])C([2H])([2H])C2([2H])[2H])c2c(C([2H])([2H])[2H])c([2H])n([2H])c2n1. The van der Waals surface area contributed by atoms with E-state index in [1.165, 1.54) is 0 Å². The van der Waals surface area contributed by atoms with Crippen LogP contribution in [0, 0.1) is 6.85 Å². The number of nitrogens with one attached hydrogen (secondary N) is 2. The maximum absolute atomic E-state index is 14.2. The average Bonchev–Trinajstić information content (AvgIpc) is 3.42. The summed E-state index contributed by atoms with van der Waals surface area (Å²) in [5, 5.41) is -2.20. The predicted molar refractivity (Wildman–Crippen MR) is 129 cm³/mol. The topological polar surface area (TPSA) is 86.4 Å². The Kier molecular flexibility index (Phi) is 1.70. The molecule has 0 unspecified atom stereocenters. The molecular formula is C25H32N6O2. The normalized spacial score (nSPS) is 46.1.